The molecule has 3 heterocycles. The van der Waals surface area contributed by atoms with Gasteiger partial charge in [-0.05, 0) is 12.8 Å². The lowest BCUT2D eigenvalue weighted by molar-refractivity contribution is -0.138. The van der Waals surface area contributed by atoms with Crippen molar-refractivity contribution in [1.29, 1.82) is 0 Å². The van der Waals surface area contributed by atoms with Crippen molar-refractivity contribution in [1.82, 2.24) is 26.2 Å². The molecule has 0 bridgehead atoms. The zero-order valence-electron chi connectivity index (χ0n) is 20.9. The fourth-order valence-electron chi connectivity index (χ4n) is 4.41. The second kappa shape index (κ2) is 15.4. The number of likely N-dealkylation sites (tertiary alicyclic amines) is 1. The van der Waals surface area contributed by atoms with Crippen molar-refractivity contribution in [3.8, 4) is 0 Å². The molecule has 0 spiro atoms. The Balaban J connectivity index is 1.06. The number of fused-ring (bicyclic) bond motifs is 1. The molecule has 3 rings (SSSR count). The number of nitrogens with one attached hydrogen (secondary N) is 4. The topological polar surface area (TPSA) is 155 Å². The number of rotatable bonds is 17. The molecule has 3 fully saturated rings. The van der Waals surface area contributed by atoms with Gasteiger partial charge in [0.1, 0.15) is 0 Å². The van der Waals surface area contributed by atoms with Gasteiger partial charge in [0.25, 0.3) is 0 Å². The van der Waals surface area contributed by atoms with Crippen molar-refractivity contribution in [2.45, 2.75) is 61.1 Å². The van der Waals surface area contributed by atoms with E-state index in [1.165, 1.54) is 0 Å². The van der Waals surface area contributed by atoms with E-state index in [1.807, 2.05) is 11.8 Å². The standard InChI is InChI=1S/C23H37N5O7S2/c29-18(4-2-1-3-17-21-15(14-37-17)26-23(33)27-21)24-6-9-34-11-12-35-10-7-25-19(30)5-8-28-20(31)13-16(36)22(28)32/h15-17,21,36H,1-14H2,(H,24,29)(H,25,30)(H2,26,27,33)/t15-,16?,17?,21-/m0/s1. The maximum atomic E-state index is 12.0. The van der Waals surface area contributed by atoms with Crippen molar-refractivity contribution in [3.63, 3.8) is 0 Å². The van der Waals surface area contributed by atoms with Gasteiger partial charge in [-0.1, -0.05) is 6.42 Å². The number of urea groups is 1. The van der Waals surface area contributed by atoms with Crippen LogP contribution in [0.3, 0.4) is 0 Å². The maximum absolute atomic E-state index is 12.0. The number of thioether (sulfide) groups is 1. The first-order chi connectivity index (χ1) is 17.8. The molecule has 37 heavy (non-hydrogen) atoms. The quantitative estimate of drug-likeness (QED) is 0.0687. The first-order valence-electron chi connectivity index (χ1n) is 12.7. The van der Waals surface area contributed by atoms with Crippen molar-refractivity contribution >= 4 is 54.1 Å². The SMILES string of the molecule is O=C(CCCCC1SC[C@@H]2NC(=O)N[C@H]12)NCCOCCOCCNC(=O)CCN1C(=O)CC(S)C1=O. The molecule has 6 amide bonds. The largest absolute Gasteiger partial charge is 0.377 e. The van der Waals surface area contributed by atoms with E-state index in [0.29, 0.717) is 51.2 Å². The molecule has 4 N–H and O–H groups in total. The monoisotopic (exact) mass is 559 g/mol. The Labute approximate surface area is 226 Å². The number of hydrogen-bond donors (Lipinski definition) is 5. The van der Waals surface area contributed by atoms with Crippen LogP contribution in [0.1, 0.15) is 38.5 Å². The van der Waals surface area contributed by atoms with Crippen LogP contribution in [0.25, 0.3) is 0 Å². The van der Waals surface area contributed by atoms with Crippen molar-refractivity contribution in [2.24, 2.45) is 0 Å². The van der Waals surface area contributed by atoms with Crippen LogP contribution in [-0.2, 0) is 28.7 Å². The molecule has 2 unspecified atom stereocenters. The third-order valence-electron chi connectivity index (χ3n) is 6.37. The molecule has 0 aromatic carbocycles. The second-order valence-electron chi connectivity index (χ2n) is 9.15. The summed E-state index contributed by atoms with van der Waals surface area (Å²) >= 11 is 5.93. The number of nitrogens with zero attached hydrogens (tertiary/aromatic N) is 1. The van der Waals surface area contributed by atoms with Gasteiger partial charge >= 0.3 is 6.03 Å². The summed E-state index contributed by atoms with van der Waals surface area (Å²) in [6, 6.07) is 0.366. The molecule has 4 atom stereocenters. The molecule has 208 valence electrons. The fraction of sp³-hybridized carbons (Fsp3) is 0.783. The molecule has 3 saturated heterocycles. The molecule has 0 aromatic rings. The van der Waals surface area contributed by atoms with Gasteiger partial charge in [0.05, 0.1) is 43.8 Å². The van der Waals surface area contributed by atoms with E-state index in [0.717, 1.165) is 29.9 Å². The predicted octanol–water partition coefficient (Wildman–Crippen LogP) is -0.575. The Bertz CT molecular complexity index is 833. The van der Waals surface area contributed by atoms with Crippen LogP contribution in [0.4, 0.5) is 4.79 Å². The van der Waals surface area contributed by atoms with Gasteiger partial charge < -0.3 is 30.7 Å². The third kappa shape index (κ3) is 9.65. The van der Waals surface area contributed by atoms with E-state index in [2.05, 4.69) is 33.9 Å². The van der Waals surface area contributed by atoms with Gasteiger partial charge in [0, 0.05) is 49.9 Å². The van der Waals surface area contributed by atoms with E-state index in [1.54, 1.807) is 0 Å². The lowest BCUT2D eigenvalue weighted by Gasteiger charge is -2.16. The highest BCUT2D eigenvalue weighted by Crippen LogP contribution is 2.33. The minimum atomic E-state index is -0.607. The summed E-state index contributed by atoms with van der Waals surface area (Å²) in [5.41, 5.74) is 0. The van der Waals surface area contributed by atoms with Gasteiger partial charge in [-0.2, -0.15) is 24.4 Å². The second-order valence-corrected chi connectivity index (χ2v) is 11.0. The maximum Gasteiger partial charge on any atom is 0.315 e. The summed E-state index contributed by atoms with van der Waals surface area (Å²) in [4.78, 5) is 59.7. The molecule has 12 nitrogen and oxygen atoms in total. The van der Waals surface area contributed by atoms with Gasteiger partial charge in [-0.3, -0.25) is 24.1 Å². The summed E-state index contributed by atoms with van der Waals surface area (Å²) in [5.74, 6) is 0.0429. The molecule has 3 aliphatic heterocycles. The Kier molecular flexibility index (Phi) is 12.3. The number of unbranched alkanes of at least 4 members (excludes halogenated alkanes) is 1. The van der Waals surface area contributed by atoms with E-state index in [-0.39, 0.29) is 61.1 Å². The predicted molar refractivity (Wildman–Crippen MR) is 140 cm³/mol. The smallest absolute Gasteiger partial charge is 0.315 e. The fourth-order valence-corrected chi connectivity index (χ4v) is 6.25. The summed E-state index contributed by atoms with van der Waals surface area (Å²) in [7, 11) is 0. The summed E-state index contributed by atoms with van der Waals surface area (Å²) in [6.07, 6.45) is 3.36. The number of carbonyl (C=O) groups excluding carboxylic acids is 5. The minimum absolute atomic E-state index is 0.00674. The first kappa shape index (κ1) is 29.5. The molecule has 3 aliphatic rings. The summed E-state index contributed by atoms with van der Waals surface area (Å²) in [6.45, 7) is 2.26. The van der Waals surface area contributed by atoms with Crippen molar-refractivity contribution in [2.75, 3.05) is 51.8 Å². The van der Waals surface area contributed by atoms with E-state index in [9.17, 15) is 24.0 Å². The third-order valence-corrected chi connectivity index (χ3v) is 8.28. The number of hydrogen-bond acceptors (Lipinski definition) is 9. The molecule has 0 aromatic heterocycles. The zero-order valence-corrected chi connectivity index (χ0v) is 22.6. The Morgan fingerprint density at radius 3 is 2.30 bits per heavy atom. The van der Waals surface area contributed by atoms with Gasteiger partial charge in [-0.25, -0.2) is 4.79 Å². The van der Waals surface area contributed by atoms with Crippen LogP contribution in [0.2, 0.25) is 0 Å². The van der Waals surface area contributed by atoms with Gasteiger partial charge in [-0.15, -0.1) is 0 Å². The molecular formula is C23H37N5O7S2. The van der Waals surface area contributed by atoms with Crippen LogP contribution in [-0.4, -0.2) is 109 Å². The van der Waals surface area contributed by atoms with Crippen LogP contribution in [0, 0.1) is 0 Å². The number of carbonyl (C=O) groups is 5. The van der Waals surface area contributed by atoms with Crippen LogP contribution in [0.15, 0.2) is 0 Å². The van der Waals surface area contributed by atoms with E-state index >= 15 is 0 Å². The van der Waals surface area contributed by atoms with Crippen molar-refractivity contribution in [3.05, 3.63) is 0 Å². The molecule has 0 radical (unpaired) electrons. The molecule has 14 heteroatoms. The normalized spacial score (nSPS) is 24.7. The van der Waals surface area contributed by atoms with Crippen LogP contribution >= 0.6 is 24.4 Å². The molecule has 0 aliphatic carbocycles. The Hall–Kier alpha value is -2.03. The average Bonchev–Trinajstić information content (AvgIpc) is 3.49. The minimum Gasteiger partial charge on any atom is -0.377 e. The number of imide groups is 1. The van der Waals surface area contributed by atoms with E-state index in [4.69, 9.17) is 9.47 Å². The van der Waals surface area contributed by atoms with Crippen molar-refractivity contribution < 1.29 is 33.4 Å². The lowest BCUT2D eigenvalue weighted by Crippen LogP contribution is -2.36. The number of amides is 6. The average molecular weight is 560 g/mol. The highest BCUT2D eigenvalue weighted by molar-refractivity contribution is 8.00. The van der Waals surface area contributed by atoms with E-state index < -0.39 is 5.25 Å². The molecular weight excluding hydrogens is 522 g/mol. The van der Waals surface area contributed by atoms with Gasteiger partial charge in [0.2, 0.25) is 23.6 Å². The lowest BCUT2D eigenvalue weighted by atomic mass is 10.0. The van der Waals surface area contributed by atoms with Gasteiger partial charge in [0.15, 0.2) is 0 Å². The summed E-state index contributed by atoms with van der Waals surface area (Å²) < 4.78 is 10.8. The zero-order chi connectivity index (χ0) is 26.6. The highest BCUT2D eigenvalue weighted by Gasteiger charge is 2.42. The summed E-state index contributed by atoms with van der Waals surface area (Å²) in [5, 5.41) is 11.2. The number of ether oxygens (including phenoxy) is 2. The Morgan fingerprint density at radius 2 is 1.65 bits per heavy atom. The van der Waals surface area contributed by atoms with Crippen LogP contribution in [0.5, 0.6) is 0 Å². The first-order valence-corrected chi connectivity index (χ1v) is 14.3. The van der Waals surface area contributed by atoms with Crippen LogP contribution < -0.4 is 21.3 Å². The molecule has 0 saturated carbocycles. The Morgan fingerprint density at radius 1 is 0.973 bits per heavy atom. The highest BCUT2D eigenvalue weighted by atomic mass is 32.2. The number of thiol groups is 1.